The Morgan fingerprint density at radius 2 is 2.18 bits per heavy atom. The third-order valence-electron chi connectivity index (χ3n) is 5.68. The summed E-state index contributed by atoms with van der Waals surface area (Å²) >= 11 is 0. The number of carboxylic acid groups (broad SMARTS) is 1. The molecule has 1 aromatic heterocycles. The fourth-order valence-electron chi connectivity index (χ4n) is 4.44. The van der Waals surface area contributed by atoms with Crippen molar-refractivity contribution < 1.29 is 18.7 Å². The number of hydrogen-bond acceptors (Lipinski definition) is 5. The quantitative estimate of drug-likeness (QED) is 0.633. The highest BCUT2D eigenvalue weighted by atomic mass is 19.1. The van der Waals surface area contributed by atoms with Gasteiger partial charge in [0.05, 0.1) is 17.8 Å². The zero-order valence-corrected chi connectivity index (χ0v) is 15.3. The average Bonchev–Trinajstić information content (AvgIpc) is 3.19. The Morgan fingerprint density at radius 3 is 2.89 bits per heavy atom. The van der Waals surface area contributed by atoms with Crippen molar-refractivity contribution in [3.05, 3.63) is 46.7 Å². The Bertz CT molecular complexity index is 904. The predicted molar refractivity (Wildman–Crippen MR) is 97.3 cm³/mol. The standard InChI is InChI=1S/C18H22F2N6O2/c1-25-6-10(26-7-12-15(8-26)23-24-17(12)21)5-14(22-18(27)28)16(25)11-4-9(19)2-3-13(11)20/h2-4,10,14,16,22H,5-8H2,1H3,(H,27,28)(H3,21,23,24)/t10-,14+,16-/m1/s1. The molecular weight excluding hydrogens is 370 g/mol. The highest BCUT2D eigenvalue weighted by Gasteiger charge is 2.41. The van der Waals surface area contributed by atoms with Crippen LogP contribution in [0.25, 0.3) is 0 Å². The van der Waals surface area contributed by atoms with Crippen molar-refractivity contribution in [1.29, 1.82) is 0 Å². The van der Waals surface area contributed by atoms with Gasteiger partial charge in [-0.1, -0.05) is 0 Å². The van der Waals surface area contributed by atoms with Crippen molar-refractivity contribution in [3.63, 3.8) is 0 Å². The fraction of sp³-hybridized carbons (Fsp3) is 0.444. The van der Waals surface area contributed by atoms with E-state index in [0.717, 1.165) is 29.5 Å². The van der Waals surface area contributed by atoms with Crippen molar-refractivity contribution in [2.45, 2.75) is 37.6 Å². The summed E-state index contributed by atoms with van der Waals surface area (Å²) in [5.41, 5.74) is 7.91. The van der Waals surface area contributed by atoms with Crippen LogP contribution in [0.3, 0.4) is 0 Å². The monoisotopic (exact) mass is 392 g/mol. The molecule has 0 spiro atoms. The molecule has 150 valence electrons. The van der Waals surface area contributed by atoms with E-state index >= 15 is 0 Å². The van der Waals surface area contributed by atoms with Crippen molar-refractivity contribution in [3.8, 4) is 0 Å². The number of nitrogens with zero attached hydrogens (tertiary/aromatic N) is 3. The van der Waals surface area contributed by atoms with Gasteiger partial charge in [-0.2, -0.15) is 5.10 Å². The second-order valence-electron chi connectivity index (χ2n) is 7.46. The van der Waals surface area contributed by atoms with Crippen LogP contribution < -0.4 is 11.1 Å². The number of nitrogens with one attached hydrogen (secondary N) is 2. The summed E-state index contributed by atoms with van der Waals surface area (Å²) in [7, 11) is 1.79. The first kappa shape index (κ1) is 18.6. The Morgan fingerprint density at radius 1 is 1.39 bits per heavy atom. The molecule has 10 heteroatoms. The molecule has 2 aromatic rings. The van der Waals surface area contributed by atoms with Gasteiger partial charge in [-0.15, -0.1) is 0 Å². The Kier molecular flexibility index (Phi) is 4.68. The van der Waals surface area contributed by atoms with Crippen molar-refractivity contribution in [2.24, 2.45) is 0 Å². The number of hydrogen-bond donors (Lipinski definition) is 4. The topological polar surface area (TPSA) is 111 Å². The molecule has 0 saturated carbocycles. The molecule has 0 bridgehead atoms. The van der Waals surface area contributed by atoms with E-state index in [1.807, 2.05) is 4.90 Å². The molecule has 2 aliphatic heterocycles. The van der Waals surface area contributed by atoms with E-state index in [9.17, 15) is 18.7 Å². The predicted octanol–water partition coefficient (Wildman–Crippen LogP) is 1.67. The number of rotatable bonds is 3. The molecule has 3 atom stereocenters. The summed E-state index contributed by atoms with van der Waals surface area (Å²) in [5, 5.41) is 18.8. The number of likely N-dealkylation sites (N-methyl/N-ethyl adjacent to an activating group) is 1. The summed E-state index contributed by atoms with van der Waals surface area (Å²) in [4.78, 5) is 15.4. The van der Waals surface area contributed by atoms with Crippen LogP contribution in [0.15, 0.2) is 18.2 Å². The highest BCUT2D eigenvalue weighted by Crippen LogP contribution is 2.36. The molecule has 1 amide bonds. The number of likely N-dealkylation sites (tertiary alicyclic amines) is 1. The smallest absolute Gasteiger partial charge is 0.404 e. The van der Waals surface area contributed by atoms with Crippen LogP contribution in [-0.4, -0.2) is 56.9 Å². The van der Waals surface area contributed by atoms with Crippen LogP contribution in [-0.2, 0) is 13.1 Å². The molecule has 2 aliphatic rings. The second kappa shape index (κ2) is 7.02. The minimum atomic E-state index is -1.19. The second-order valence-corrected chi connectivity index (χ2v) is 7.46. The number of amides is 1. The number of nitrogen functional groups attached to an aromatic ring is 1. The van der Waals surface area contributed by atoms with Gasteiger partial charge in [-0.05, 0) is 31.7 Å². The summed E-state index contributed by atoms with van der Waals surface area (Å²) < 4.78 is 28.2. The molecule has 1 saturated heterocycles. The Labute approximate surface area is 160 Å². The van der Waals surface area contributed by atoms with Crippen molar-refractivity contribution in [2.75, 3.05) is 19.3 Å². The van der Waals surface area contributed by atoms with E-state index < -0.39 is 29.8 Å². The van der Waals surface area contributed by atoms with Gasteiger partial charge < -0.3 is 16.2 Å². The van der Waals surface area contributed by atoms with Gasteiger partial charge in [0.15, 0.2) is 0 Å². The fourth-order valence-corrected chi connectivity index (χ4v) is 4.44. The third kappa shape index (κ3) is 3.29. The Hall–Kier alpha value is -2.72. The average molecular weight is 392 g/mol. The number of anilines is 1. The maximum Gasteiger partial charge on any atom is 0.404 e. The van der Waals surface area contributed by atoms with E-state index in [2.05, 4.69) is 20.4 Å². The van der Waals surface area contributed by atoms with Crippen LogP contribution in [0, 0.1) is 11.6 Å². The van der Waals surface area contributed by atoms with Gasteiger partial charge in [-0.3, -0.25) is 14.9 Å². The SMILES string of the molecule is CN1C[C@H](N2Cc3n[nH]c(N)c3C2)C[C@H](NC(=O)O)[C@H]1c1cc(F)ccc1F. The van der Waals surface area contributed by atoms with E-state index in [1.54, 1.807) is 7.05 Å². The number of benzene rings is 1. The number of H-pyrrole nitrogens is 1. The number of aromatic nitrogens is 2. The lowest BCUT2D eigenvalue weighted by Crippen LogP contribution is -2.56. The van der Waals surface area contributed by atoms with Crippen LogP contribution in [0.1, 0.15) is 29.3 Å². The van der Waals surface area contributed by atoms with Gasteiger partial charge >= 0.3 is 6.09 Å². The number of halogens is 2. The zero-order chi connectivity index (χ0) is 20.0. The minimum absolute atomic E-state index is 0.0170. The molecule has 0 unspecified atom stereocenters. The number of carbonyl (C=O) groups is 1. The molecule has 5 N–H and O–H groups in total. The number of fused-ring (bicyclic) bond motifs is 1. The number of nitrogens with two attached hydrogens (primary N) is 1. The van der Waals surface area contributed by atoms with E-state index in [1.165, 1.54) is 0 Å². The first-order valence-corrected chi connectivity index (χ1v) is 9.03. The highest BCUT2D eigenvalue weighted by molar-refractivity contribution is 5.65. The zero-order valence-electron chi connectivity index (χ0n) is 15.3. The summed E-state index contributed by atoms with van der Waals surface area (Å²) in [6.07, 6.45) is -0.731. The van der Waals surface area contributed by atoms with E-state index in [0.29, 0.717) is 31.9 Å². The van der Waals surface area contributed by atoms with Gasteiger partial charge in [0.1, 0.15) is 17.5 Å². The Balaban J connectivity index is 1.59. The lowest BCUT2D eigenvalue weighted by Gasteiger charge is -2.45. The summed E-state index contributed by atoms with van der Waals surface area (Å²) in [6, 6.07) is 2.09. The number of piperidine rings is 1. The summed E-state index contributed by atoms with van der Waals surface area (Å²) in [5.74, 6) is -0.564. The van der Waals surface area contributed by atoms with Gasteiger partial charge in [0.25, 0.3) is 0 Å². The first-order valence-electron chi connectivity index (χ1n) is 9.03. The van der Waals surface area contributed by atoms with Crippen LogP contribution in [0.4, 0.5) is 19.4 Å². The number of aromatic amines is 1. The van der Waals surface area contributed by atoms with Crippen LogP contribution in [0.2, 0.25) is 0 Å². The van der Waals surface area contributed by atoms with Gasteiger partial charge in [-0.25, -0.2) is 13.6 Å². The van der Waals surface area contributed by atoms with Crippen LogP contribution in [0.5, 0.6) is 0 Å². The molecule has 4 rings (SSSR count). The van der Waals surface area contributed by atoms with Gasteiger partial charge in [0.2, 0.25) is 0 Å². The molecule has 28 heavy (non-hydrogen) atoms. The lowest BCUT2D eigenvalue weighted by molar-refractivity contribution is 0.0477. The lowest BCUT2D eigenvalue weighted by atomic mass is 9.87. The normalized spacial score (nSPS) is 25.6. The van der Waals surface area contributed by atoms with Crippen LogP contribution >= 0.6 is 0 Å². The van der Waals surface area contributed by atoms with E-state index in [-0.39, 0.29) is 11.6 Å². The van der Waals surface area contributed by atoms with Crippen molar-refractivity contribution >= 4 is 11.9 Å². The molecule has 1 fully saturated rings. The molecule has 0 aliphatic carbocycles. The van der Waals surface area contributed by atoms with Crippen molar-refractivity contribution in [1.82, 2.24) is 25.3 Å². The molecule has 3 heterocycles. The van der Waals surface area contributed by atoms with Gasteiger partial charge in [0, 0.05) is 36.8 Å². The largest absolute Gasteiger partial charge is 0.465 e. The molecule has 8 nitrogen and oxygen atoms in total. The summed E-state index contributed by atoms with van der Waals surface area (Å²) in [6.45, 7) is 1.81. The molecule has 0 radical (unpaired) electrons. The molecule has 1 aromatic carbocycles. The maximum absolute atomic E-state index is 14.4. The third-order valence-corrected chi connectivity index (χ3v) is 5.68. The maximum atomic E-state index is 14.4. The van der Waals surface area contributed by atoms with E-state index in [4.69, 9.17) is 5.73 Å². The molecular formula is C18H22F2N6O2. The minimum Gasteiger partial charge on any atom is -0.465 e. The first-order chi connectivity index (χ1) is 13.3.